The van der Waals surface area contributed by atoms with E-state index in [0.717, 1.165) is 27.8 Å². The van der Waals surface area contributed by atoms with Gasteiger partial charge in [0.2, 0.25) is 0 Å². The molecule has 0 aromatic heterocycles. The number of nitrogens with zero attached hydrogens (tertiary/aromatic N) is 1. The van der Waals surface area contributed by atoms with E-state index in [9.17, 15) is 5.26 Å². The molecule has 3 aliphatic rings. The molecule has 6 aromatic carbocycles. The first-order chi connectivity index (χ1) is 33.6. The van der Waals surface area contributed by atoms with Gasteiger partial charge in [-0.1, -0.05) is 170 Å². The minimum Gasteiger partial charge on any atom is -0.374 e. The Balaban J connectivity index is 1.09. The summed E-state index contributed by atoms with van der Waals surface area (Å²) in [6.45, 7) is 1.45. The number of rotatable bonds is 20. The third-order valence-electron chi connectivity index (χ3n) is 12.3. The summed E-state index contributed by atoms with van der Waals surface area (Å²) in [5, 5.41) is 10.1. The highest BCUT2D eigenvalue weighted by atomic mass is 16.8. The monoisotopic (exact) mass is 919 g/mol. The molecular formula is C56H57NO11. The Labute approximate surface area is 398 Å². The largest absolute Gasteiger partial charge is 0.374 e. The van der Waals surface area contributed by atoms with Crippen molar-refractivity contribution in [1.82, 2.24) is 0 Å². The molecule has 1 unspecified atom stereocenters. The van der Waals surface area contributed by atoms with Gasteiger partial charge < -0.3 is 52.1 Å². The lowest BCUT2D eigenvalue weighted by Crippen LogP contribution is -2.67. The molecule has 6 aromatic rings. The molecule has 3 heterocycles. The quantitative estimate of drug-likeness (QED) is 0.0726. The van der Waals surface area contributed by atoms with Gasteiger partial charge in [0.05, 0.1) is 57.9 Å². The van der Waals surface area contributed by atoms with Crippen molar-refractivity contribution in [3.63, 3.8) is 0 Å². The average molecular weight is 920 g/mol. The smallest absolute Gasteiger partial charge is 0.187 e. The van der Waals surface area contributed by atoms with E-state index in [0.29, 0.717) is 17.7 Å². The van der Waals surface area contributed by atoms with Gasteiger partial charge in [0.25, 0.3) is 0 Å². The minimum atomic E-state index is -1.15. The van der Waals surface area contributed by atoms with Crippen molar-refractivity contribution in [2.75, 3.05) is 20.3 Å². The number of hydrogen-bond donors (Lipinski definition) is 0. The van der Waals surface area contributed by atoms with Gasteiger partial charge in [-0.3, -0.25) is 0 Å². The van der Waals surface area contributed by atoms with Gasteiger partial charge in [0.1, 0.15) is 48.8 Å². The normalized spacial score (nSPS) is 26.9. The molecule has 0 N–H and O–H groups in total. The topological polar surface area (TPSA) is 125 Å². The summed E-state index contributed by atoms with van der Waals surface area (Å²) in [5.41, 5.74) is 5.93. The average Bonchev–Trinajstić information content (AvgIpc) is 3.40. The van der Waals surface area contributed by atoms with Crippen LogP contribution in [0.3, 0.4) is 0 Å². The first-order valence-electron chi connectivity index (χ1n) is 23.1. The van der Waals surface area contributed by atoms with Crippen LogP contribution in [0.4, 0.5) is 0 Å². The second kappa shape index (κ2) is 24.1. The van der Waals surface area contributed by atoms with Crippen LogP contribution < -0.4 is 0 Å². The molecule has 3 saturated heterocycles. The predicted octanol–water partition coefficient (Wildman–Crippen LogP) is 9.01. The van der Waals surface area contributed by atoms with Crippen LogP contribution in [0.2, 0.25) is 0 Å². The first kappa shape index (κ1) is 47.4. The zero-order chi connectivity index (χ0) is 46.3. The second-order valence-corrected chi connectivity index (χ2v) is 16.9. The Morgan fingerprint density at radius 3 is 1.60 bits per heavy atom. The minimum absolute atomic E-state index is 0.0378. The van der Waals surface area contributed by atoms with Crippen LogP contribution in [0.15, 0.2) is 176 Å². The van der Waals surface area contributed by atoms with E-state index in [1.807, 2.05) is 170 Å². The second-order valence-electron chi connectivity index (χ2n) is 16.9. The maximum atomic E-state index is 10.1. The summed E-state index contributed by atoms with van der Waals surface area (Å²) in [6.07, 6.45) is -8.92. The lowest BCUT2D eigenvalue weighted by molar-refractivity contribution is -0.400. The number of benzene rings is 6. The number of ether oxygens (including phenoxy) is 11. The van der Waals surface area contributed by atoms with Crippen LogP contribution in [-0.2, 0) is 85.1 Å². The van der Waals surface area contributed by atoms with Crippen molar-refractivity contribution < 1.29 is 52.1 Å². The van der Waals surface area contributed by atoms with E-state index in [1.54, 1.807) is 13.2 Å². The highest BCUT2D eigenvalue weighted by Crippen LogP contribution is 2.40. The lowest BCUT2D eigenvalue weighted by atomic mass is 9.95. The Morgan fingerprint density at radius 1 is 0.500 bits per heavy atom. The molecule has 11 atom stereocenters. The fraction of sp³-hybridized carbons (Fsp3) is 0.339. The van der Waals surface area contributed by atoms with Gasteiger partial charge in [0.15, 0.2) is 18.9 Å². The number of fused-ring (bicyclic) bond motifs is 1. The van der Waals surface area contributed by atoms with Gasteiger partial charge >= 0.3 is 0 Å². The van der Waals surface area contributed by atoms with Crippen LogP contribution in [0.5, 0.6) is 0 Å². The van der Waals surface area contributed by atoms with Crippen LogP contribution in [-0.4, -0.2) is 81.7 Å². The van der Waals surface area contributed by atoms with E-state index in [-0.39, 0.29) is 39.6 Å². The van der Waals surface area contributed by atoms with E-state index in [4.69, 9.17) is 52.1 Å². The van der Waals surface area contributed by atoms with Crippen molar-refractivity contribution in [1.29, 1.82) is 5.26 Å². The van der Waals surface area contributed by atoms with Gasteiger partial charge in [-0.2, -0.15) is 5.26 Å². The van der Waals surface area contributed by atoms with Gasteiger partial charge in [-0.25, -0.2) is 0 Å². The molecule has 0 saturated carbocycles. The van der Waals surface area contributed by atoms with Gasteiger partial charge in [0, 0.05) is 12.7 Å². The summed E-state index contributed by atoms with van der Waals surface area (Å²) in [7, 11) is 1.57. The molecule has 0 spiro atoms. The van der Waals surface area contributed by atoms with Crippen molar-refractivity contribution in [2.45, 2.75) is 101 Å². The number of methoxy groups -OCH3 is 1. The Morgan fingerprint density at radius 2 is 1.01 bits per heavy atom. The Hall–Kier alpha value is -5.63. The van der Waals surface area contributed by atoms with E-state index in [1.165, 1.54) is 0 Å². The standard InChI is InChI=1S/C56H57NO11/c1-58-55-53(51(62-35-42-25-13-5-14-26-42)49-47(65-55)38-64-54(67-49)43-27-15-6-16-28-43)68-56-52(63-36-45-30-18-17-29-44(45)31-57)50(61-34-41-23-11-4-12-24-41)48(60-33-40-21-9-3-10-22-40)46(66-56)37-59-32-39-19-7-2-8-20-39/h2-30,46-56H,32-38H2,1H3/t46-,47-,48-,49-,50+,51+,52-,53-,54?,55+,56+/m1/s1. The molecule has 3 fully saturated rings. The summed E-state index contributed by atoms with van der Waals surface area (Å²) < 4.78 is 74.4. The highest BCUT2D eigenvalue weighted by molar-refractivity contribution is 5.37. The van der Waals surface area contributed by atoms with E-state index >= 15 is 0 Å². The SMILES string of the molecule is CO[C@H]1O[C@@H]2COC(c3ccccc3)O[C@H]2[C@H](OCc2ccccc2)[C@H]1O[C@@H]1O[C@H](COCc2ccccc2)[C@@H](OCc2ccccc2)[C@H](OCc2ccccc2)[C@H]1OCc1ccccc1C#N. The molecule has 12 heteroatoms. The van der Waals surface area contributed by atoms with Crippen molar-refractivity contribution in [3.05, 3.63) is 215 Å². The maximum Gasteiger partial charge on any atom is 0.187 e. The molecule has 9 rings (SSSR count). The molecule has 352 valence electrons. The molecular weight excluding hydrogens is 863 g/mol. The molecule has 3 aliphatic heterocycles. The molecule has 68 heavy (non-hydrogen) atoms. The van der Waals surface area contributed by atoms with E-state index in [2.05, 4.69) is 6.07 Å². The molecule has 12 nitrogen and oxygen atoms in total. The zero-order valence-corrected chi connectivity index (χ0v) is 38.0. The number of hydrogen-bond acceptors (Lipinski definition) is 12. The predicted molar refractivity (Wildman–Crippen MR) is 250 cm³/mol. The van der Waals surface area contributed by atoms with Crippen molar-refractivity contribution in [3.8, 4) is 6.07 Å². The molecule has 0 amide bonds. The van der Waals surface area contributed by atoms with Crippen molar-refractivity contribution in [2.24, 2.45) is 0 Å². The summed E-state index contributed by atoms with van der Waals surface area (Å²) >= 11 is 0. The van der Waals surface area contributed by atoms with Crippen LogP contribution >= 0.6 is 0 Å². The fourth-order valence-electron chi connectivity index (χ4n) is 8.80. The maximum absolute atomic E-state index is 10.1. The molecule has 0 radical (unpaired) electrons. The Kier molecular flexibility index (Phi) is 16.8. The fourth-order valence-corrected chi connectivity index (χ4v) is 8.80. The van der Waals surface area contributed by atoms with Crippen LogP contribution in [0.1, 0.15) is 45.2 Å². The Bertz CT molecular complexity index is 2450. The third kappa shape index (κ3) is 12.1. The number of nitriles is 1. The van der Waals surface area contributed by atoms with Crippen LogP contribution in [0, 0.1) is 11.3 Å². The van der Waals surface area contributed by atoms with Crippen LogP contribution in [0.25, 0.3) is 0 Å². The molecule has 0 aliphatic carbocycles. The zero-order valence-electron chi connectivity index (χ0n) is 38.0. The summed E-state index contributed by atoms with van der Waals surface area (Å²) in [4.78, 5) is 0. The molecule has 0 bridgehead atoms. The first-order valence-corrected chi connectivity index (χ1v) is 23.1. The third-order valence-corrected chi connectivity index (χ3v) is 12.3. The van der Waals surface area contributed by atoms with E-state index < -0.39 is 67.7 Å². The lowest BCUT2D eigenvalue weighted by Gasteiger charge is -2.51. The summed E-state index contributed by atoms with van der Waals surface area (Å²) in [6, 6.07) is 59.2. The highest BCUT2D eigenvalue weighted by Gasteiger charge is 2.56. The van der Waals surface area contributed by atoms with Crippen molar-refractivity contribution >= 4 is 0 Å². The van der Waals surface area contributed by atoms with Gasteiger partial charge in [-0.15, -0.1) is 0 Å². The van der Waals surface area contributed by atoms with Gasteiger partial charge in [-0.05, 0) is 33.9 Å². The summed E-state index contributed by atoms with van der Waals surface area (Å²) in [5.74, 6) is 0.